The van der Waals surface area contributed by atoms with Gasteiger partial charge in [0.1, 0.15) is 11.4 Å². The van der Waals surface area contributed by atoms with Crippen LogP contribution in [0.2, 0.25) is 5.02 Å². The lowest BCUT2D eigenvalue weighted by Crippen LogP contribution is -2.34. The molecule has 0 saturated heterocycles. The summed E-state index contributed by atoms with van der Waals surface area (Å²) >= 11 is 6.03. The molecule has 0 unspecified atom stereocenters. The molecule has 0 aliphatic heterocycles. The number of carbonyl (C=O) groups is 2. The van der Waals surface area contributed by atoms with Crippen LogP contribution in [0.4, 0.5) is 9.18 Å². The normalized spacial score (nSPS) is 11.8. The topological polar surface area (TPSA) is 67.4 Å². The maximum Gasteiger partial charge on any atom is 0.407 e. The Morgan fingerprint density at radius 2 is 1.68 bits per heavy atom. The average Bonchev–Trinajstić information content (AvgIpc) is 2.43. The van der Waals surface area contributed by atoms with E-state index in [1.807, 2.05) is 0 Å². The van der Waals surface area contributed by atoms with E-state index in [0.717, 1.165) is 0 Å². The molecule has 0 radical (unpaired) electrons. The van der Waals surface area contributed by atoms with Crippen LogP contribution in [0.1, 0.15) is 52.7 Å². The Morgan fingerprint density at radius 1 is 1.08 bits per heavy atom. The number of hydrogen-bond donors (Lipinski definition) is 2. The van der Waals surface area contributed by atoms with Crippen molar-refractivity contribution < 1.29 is 18.7 Å². The summed E-state index contributed by atoms with van der Waals surface area (Å²) in [5.41, 5.74) is -0.770. The molecule has 0 heterocycles. The lowest BCUT2D eigenvalue weighted by Gasteiger charge is -2.20. The molecule has 2 N–H and O–H groups in total. The van der Waals surface area contributed by atoms with Gasteiger partial charge in [0.2, 0.25) is 5.91 Å². The van der Waals surface area contributed by atoms with E-state index in [2.05, 4.69) is 10.6 Å². The molecule has 25 heavy (non-hydrogen) atoms. The molecule has 1 rings (SSSR count). The summed E-state index contributed by atoms with van der Waals surface area (Å²) in [7, 11) is 0. The molecule has 0 bridgehead atoms. The monoisotopic (exact) mass is 372 g/mol. The van der Waals surface area contributed by atoms with E-state index >= 15 is 0 Å². The summed E-state index contributed by atoms with van der Waals surface area (Å²) in [6, 6.07) is 3.05. The number of carbonyl (C=O) groups excluding carboxylic acids is 2. The van der Waals surface area contributed by atoms with Crippen molar-refractivity contribution in [3.8, 4) is 0 Å². The first-order chi connectivity index (χ1) is 11.3. The predicted octanol–water partition coefficient (Wildman–Crippen LogP) is 4.17. The molecule has 140 valence electrons. The van der Waals surface area contributed by atoms with E-state index in [0.29, 0.717) is 5.56 Å². The Balaban J connectivity index is 2.81. The van der Waals surface area contributed by atoms with Crippen molar-refractivity contribution in [1.29, 1.82) is 0 Å². The minimum Gasteiger partial charge on any atom is -0.444 e. The Morgan fingerprint density at radius 3 is 2.20 bits per heavy atom. The molecule has 0 spiro atoms. The standard InChI is InChI=1S/C18H26ClFN2O3/c1-17(2,3)15(23)21-9-11-7-8-13(19)12(14(11)20)10-22-16(24)25-18(4,5)6/h7-8H,9-10H2,1-6H3,(H,21,23)(H,22,24). The van der Waals surface area contributed by atoms with Gasteiger partial charge in [0.05, 0.1) is 6.54 Å². The highest BCUT2D eigenvalue weighted by atomic mass is 35.5. The summed E-state index contributed by atoms with van der Waals surface area (Å²) in [4.78, 5) is 23.6. The van der Waals surface area contributed by atoms with Gasteiger partial charge >= 0.3 is 6.09 Å². The zero-order chi connectivity index (χ0) is 19.4. The van der Waals surface area contributed by atoms with Crippen LogP contribution in [0.25, 0.3) is 0 Å². The molecule has 7 heteroatoms. The van der Waals surface area contributed by atoms with Crippen LogP contribution in [0.3, 0.4) is 0 Å². The van der Waals surface area contributed by atoms with E-state index in [1.165, 1.54) is 12.1 Å². The van der Waals surface area contributed by atoms with E-state index < -0.39 is 22.9 Å². The molecule has 0 aliphatic rings. The second-order valence-corrected chi connectivity index (χ2v) is 8.19. The fourth-order valence-electron chi connectivity index (χ4n) is 1.86. The highest BCUT2D eigenvalue weighted by Gasteiger charge is 2.22. The van der Waals surface area contributed by atoms with E-state index in [4.69, 9.17) is 16.3 Å². The summed E-state index contributed by atoms with van der Waals surface area (Å²) in [5, 5.41) is 5.36. The fraction of sp³-hybridized carbons (Fsp3) is 0.556. The smallest absolute Gasteiger partial charge is 0.407 e. The Kier molecular flexibility index (Phi) is 6.82. The molecule has 0 aliphatic carbocycles. The minimum atomic E-state index is -0.658. The predicted molar refractivity (Wildman–Crippen MR) is 95.8 cm³/mol. The summed E-state index contributed by atoms with van der Waals surface area (Å²) in [5.74, 6) is -0.743. The first kappa shape index (κ1) is 21.2. The number of halogens is 2. The number of amides is 2. The zero-order valence-electron chi connectivity index (χ0n) is 15.5. The number of rotatable bonds is 4. The van der Waals surface area contributed by atoms with Crippen LogP contribution < -0.4 is 10.6 Å². The van der Waals surface area contributed by atoms with Crippen molar-refractivity contribution in [1.82, 2.24) is 10.6 Å². The number of nitrogens with one attached hydrogen (secondary N) is 2. The number of alkyl carbamates (subject to hydrolysis) is 1. The molecule has 0 aromatic heterocycles. The third kappa shape index (κ3) is 6.90. The van der Waals surface area contributed by atoms with Gasteiger partial charge in [0.15, 0.2) is 0 Å². The maximum atomic E-state index is 14.6. The molecule has 0 fully saturated rings. The van der Waals surface area contributed by atoms with Gasteiger partial charge in [-0.1, -0.05) is 38.4 Å². The fourth-order valence-corrected chi connectivity index (χ4v) is 2.07. The second-order valence-electron chi connectivity index (χ2n) is 7.79. The van der Waals surface area contributed by atoms with Crippen LogP contribution in [0.5, 0.6) is 0 Å². The summed E-state index contributed by atoms with van der Waals surface area (Å²) in [6.45, 7) is 10.5. The molecular weight excluding hydrogens is 347 g/mol. The minimum absolute atomic E-state index is 0.0402. The highest BCUT2D eigenvalue weighted by Crippen LogP contribution is 2.23. The molecule has 0 saturated carbocycles. The Hall–Kier alpha value is -1.82. The van der Waals surface area contributed by atoms with Crippen molar-refractivity contribution in [2.45, 2.75) is 60.2 Å². The van der Waals surface area contributed by atoms with Crippen molar-refractivity contribution in [3.63, 3.8) is 0 Å². The lowest BCUT2D eigenvalue weighted by molar-refractivity contribution is -0.128. The van der Waals surface area contributed by atoms with Crippen LogP contribution in [-0.2, 0) is 22.6 Å². The summed E-state index contributed by atoms with van der Waals surface area (Å²) < 4.78 is 19.8. The van der Waals surface area contributed by atoms with Crippen LogP contribution in [-0.4, -0.2) is 17.6 Å². The van der Waals surface area contributed by atoms with Gasteiger partial charge in [-0.2, -0.15) is 0 Å². The lowest BCUT2D eigenvalue weighted by atomic mass is 9.95. The molecular formula is C18H26ClFN2O3. The van der Waals surface area contributed by atoms with Gasteiger partial charge in [-0.05, 0) is 26.8 Å². The number of ether oxygens (including phenoxy) is 1. The zero-order valence-corrected chi connectivity index (χ0v) is 16.3. The van der Waals surface area contributed by atoms with E-state index in [9.17, 15) is 14.0 Å². The third-order valence-corrected chi connectivity index (χ3v) is 3.55. The van der Waals surface area contributed by atoms with E-state index in [1.54, 1.807) is 41.5 Å². The van der Waals surface area contributed by atoms with Crippen molar-refractivity contribution in [2.75, 3.05) is 0 Å². The molecule has 5 nitrogen and oxygen atoms in total. The van der Waals surface area contributed by atoms with Gasteiger partial charge in [-0.3, -0.25) is 4.79 Å². The summed E-state index contributed by atoms with van der Waals surface area (Å²) in [6.07, 6.45) is -0.658. The maximum absolute atomic E-state index is 14.6. The molecule has 1 aromatic rings. The van der Waals surface area contributed by atoms with Crippen molar-refractivity contribution >= 4 is 23.6 Å². The average molecular weight is 373 g/mol. The molecule has 0 atom stereocenters. The molecule has 1 aromatic carbocycles. The van der Waals surface area contributed by atoms with Crippen LogP contribution in [0, 0.1) is 11.2 Å². The SMILES string of the molecule is CC(C)(C)OC(=O)NCc1c(Cl)ccc(CNC(=O)C(C)(C)C)c1F. The Labute approximate surface area is 153 Å². The first-order valence-corrected chi connectivity index (χ1v) is 8.40. The van der Waals surface area contributed by atoms with Crippen molar-refractivity contribution in [3.05, 3.63) is 34.1 Å². The van der Waals surface area contributed by atoms with Crippen LogP contribution >= 0.6 is 11.6 Å². The first-order valence-electron chi connectivity index (χ1n) is 8.02. The highest BCUT2D eigenvalue weighted by molar-refractivity contribution is 6.31. The van der Waals surface area contributed by atoms with Gasteiger partial charge in [-0.15, -0.1) is 0 Å². The van der Waals surface area contributed by atoms with Gasteiger partial charge in [0, 0.05) is 28.1 Å². The van der Waals surface area contributed by atoms with Crippen molar-refractivity contribution in [2.24, 2.45) is 5.41 Å². The van der Waals surface area contributed by atoms with Crippen LogP contribution in [0.15, 0.2) is 12.1 Å². The Bertz CT molecular complexity index is 649. The number of hydrogen-bond acceptors (Lipinski definition) is 3. The number of benzene rings is 1. The third-order valence-electron chi connectivity index (χ3n) is 3.19. The van der Waals surface area contributed by atoms with Gasteiger partial charge in [0.25, 0.3) is 0 Å². The van der Waals surface area contributed by atoms with Gasteiger partial charge < -0.3 is 15.4 Å². The largest absolute Gasteiger partial charge is 0.444 e. The second kappa shape index (κ2) is 8.04. The van der Waals surface area contributed by atoms with E-state index in [-0.39, 0.29) is 29.6 Å². The molecule has 2 amide bonds. The van der Waals surface area contributed by atoms with Gasteiger partial charge in [-0.25, -0.2) is 9.18 Å². The quantitative estimate of drug-likeness (QED) is 0.833.